The highest BCUT2D eigenvalue weighted by Gasteiger charge is 2.65. The summed E-state index contributed by atoms with van der Waals surface area (Å²) in [5.74, 6) is 1.03. The van der Waals surface area contributed by atoms with Gasteiger partial charge in [-0.05, 0) is 61.9 Å². The van der Waals surface area contributed by atoms with Gasteiger partial charge in [-0.1, -0.05) is 33.8 Å². The Kier molecular flexibility index (Phi) is 4.07. The van der Waals surface area contributed by atoms with Crippen LogP contribution in [0, 0.1) is 22.7 Å². The lowest BCUT2D eigenvalue weighted by Crippen LogP contribution is -2.56. The molecule has 2 heterocycles. The van der Waals surface area contributed by atoms with Crippen molar-refractivity contribution in [1.29, 1.82) is 0 Å². The fourth-order valence-electron chi connectivity index (χ4n) is 6.58. The van der Waals surface area contributed by atoms with E-state index in [1.54, 1.807) is 6.26 Å². The van der Waals surface area contributed by atoms with E-state index in [1.807, 2.05) is 13.0 Å². The molecule has 148 valence electrons. The van der Waals surface area contributed by atoms with Crippen LogP contribution in [-0.2, 0) is 19.0 Å². The highest BCUT2D eigenvalue weighted by molar-refractivity contribution is 5.92. The number of ether oxygens (including phenoxy) is 3. The monoisotopic (exact) mass is 372 g/mol. The number of rotatable bonds is 2. The van der Waals surface area contributed by atoms with Crippen LogP contribution in [0.1, 0.15) is 66.7 Å². The molecule has 0 aromatic heterocycles. The number of fused-ring (bicyclic) bond motifs is 3. The summed E-state index contributed by atoms with van der Waals surface area (Å²) in [6, 6.07) is 0. The molecule has 4 heteroatoms. The zero-order valence-electron chi connectivity index (χ0n) is 17.3. The summed E-state index contributed by atoms with van der Waals surface area (Å²) in [5, 5.41) is 0. The second-order valence-electron chi connectivity index (χ2n) is 10.0. The van der Waals surface area contributed by atoms with E-state index < -0.39 is 11.9 Å². The first-order chi connectivity index (χ1) is 12.6. The van der Waals surface area contributed by atoms with Crippen LogP contribution in [-0.4, -0.2) is 17.9 Å². The van der Waals surface area contributed by atoms with Crippen LogP contribution < -0.4 is 0 Å². The van der Waals surface area contributed by atoms with Gasteiger partial charge in [0.15, 0.2) is 0 Å². The molecule has 2 aliphatic heterocycles. The minimum absolute atomic E-state index is 0.0436. The van der Waals surface area contributed by atoms with E-state index in [1.165, 1.54) is 12.8 Å². The van der Waals surface area contributed by atoms with E-state index in [-0.39, 0.29) is 22.7 Å². The molecule has 4 rings (SSSR count). The zero-order valence-corrected chi connectivity index (χ0v) is 17.3. The molecule has 0 radical (unpaired) electrons. The average Bonchev–Trinajstić information content (AvgIpc) is 3.00. The summed E-state index contributed by atoms with van der Waals surface area (Å²) in [6.45, 7) is 15.1. The van der Waals surface area contributed by atoms with E-state index in [2.05, 4.69) is 34.3 Å². The Balaban J connectivity index is 1.67. The van der Waals surface area contributed by atoms with Gasteiger partial charge in [-0.25, -0.2) is 4.79 Å². The summed E-state index contributed by atoms with van der Waals surface area (Å²) >= 11 is 0. The number of hydrogen-bond acceptors (Lipinski definition) is 4. The van der Waals surface area contributed by atoms with Gasteiger partial charge in [0, 0.05) is 12.0 Å². The van der Waals surface area contributed by atoms with Gasteiger partial charge < -0.3 is 14.2 Å². The Bertz CT molecular complexity index is 745. The van der Waals surface area contributed by atoms with Gasteiger partial charge in [-0.15, -0.1) is 0 Å². The molecule has 0 bridgehead atoms. The molecule has 4 nitrogen and oxygen atoms in total. The second-order valence-corrected chi connectivity index (χ2v) is 10.0. The van der Waals surface area contributed by atoms with Gasteiger partial charge in [-0.3, -0.25) is 0 Å². The lowest BCUT2D eigenvalue weighted by Gasteiger charge is -2.59. The van der Waals surface area contributed by atoms with Crippen LogP contribution in [0.25, 0.3) is 0 Å². The fraction of sp³-hybridized carbons (Fsp3) is 0.696. The van der Waals surface area contributed by atoms with Crippen molar-refractivity contribution in [2.45, 2.75) is 78.6 Å². The molecule has 0 aromatic carbocycles. The Morgan fingerprint density at radius 1 is 1.22 bits per heavy atom. The van der Waals surface area contributed by atoms with Crippen molar-refractivity contribution in [3.63, 3.8) is 0 Å². The third kappa shape index (κ3) is 2.75. The number of carbonyl (C=O) groups is 1. The van der Waals surface area contributed by atoms with E-state index in [0.29, 0.717) is 17.3 Å². The van der Waals surface area contributed by atoms with Crippen molar-refractivity contribution in [3.05, 3.63) is 35.8 Å². The average molecular weight is 373 g/mol. The molecule has 0 amide bonds. The van der Waals surface area contributed by atoms with Crippen LogP contribution in [0.15, 0.2) is 35.8 Å². The smallest absolute Gasteiger partial charge is 0.338 e. The largest absolute Gasteiger partial charge is 0.458 e. The third-order valence-electron chi connectivity index (χ3n) is 7.76. The topological polar surface area (TPSA) is 44.8 Å². The van der Waals surface area contributed by atoms with Crippen molar-refractivity contribution in [2.24, 2.45) is 22.7 Å². The van der Waals surface area contributed by atoms with Crippen LogP contribution in [0.5, 0.6) is 0 Å². The van der Waals surface area contributed by atoms with Crippen molar-refractivity contribution in [1.82, 2.24) is 0 Å². The summed E-state index contributed by atoms with van der Waals surface area (Å²) in [7, 11) is 0. The van der Waals surface area contributed by atoms with Crippen molar-refractivity contribution >= 4 is 5.97 Å². The predicted octanol–water partition coefficient (Wildman–Crippen LogP) is 5.26. The summed E-state index contributed by atoms with van der Waals surface area (Å²) < 4.78 is 17.4. The molecule has 1 unspecified atom stereocenters. The van der Waals surface area contributed by atoms with E-state index >= 15 is 0 Å². The van der Waals surface area contributed by atoms with Crippen LogP contribution in [0.2, 0.25) is 0 Å². The van der Waals surface area contributed by atoms with Crippen LogP contribution in [0.4, 0.5) is 0 Å². The first kappa shape index (κ1) is 18.6. The number of allylic oxidation sites excluding steroid dienone is 1. The summed E-state index contributed by atoms with van der Waals surface area (Å²) in [6.07, 6.45) is 8.59. The third-order valence-corrected chi connectivity index (χ3v) is 7.76. The predicted molar refractivity (Wildman–Crippen MR) is 103 cm³/mol. The van der Waals surface area contributed by atoms with Crippen molar-refractivity contribution in [3.8, 4) is 0 Å². The first-order valence-electron chi connectivity index (χ1n) is 10.2. The maximum Gasteiger partial charge on any atom is 0.338 e. The molecule has 0 spiro atoms. The standard InChI is InChI=1S/C23H32O4/c1-14-12-18(26-15(14)2)25-13-16-19-22(5)10-7-9-21(3,4)17(22)8-11-23(19,6)27-20(16)24/h12-13,17-19H,2,7-11H2,1,3-6H3/b16-13+/t17-,18?,19+,22-,23+/m1/s1. The first-order valence-corrected chi connectivity index (χ1v) is 10.2. The van der Waals surface area contributed by atoms with Gasteiger partial charge in [0.1, 0.15) is 11.4 Å². The quantitative estimate of drug-likeness (QED) is 0.377. The van der Waals surface area contributed by atoms with Crippen molar-refractivity contribution < 1.29 is 19.0 Å². The highest BCUT2D eigenvalue weighted by Crippen LogP contribution is 2.66. The molecular weight excluding hydrogens is 340 g/mol. The molecule has 4 aliphatic rings. The Morgan fingerprint density at radius 3 is 2.63 bits per heavy atom. The minimum Gasteiger partial charge on any atom is -0.458 e. The second kappa shape index (κ2) is 5.89. The summed E-state index contributed by atoms with van der Waals surface area (Å²) in [5.41, 5.74) is 1.54. The maximum atomic E-state index is 12.8. The normalized spacial score (nSPS) is 44.3. The van der Waals surface area contributed by atoms with Gasteiger partial charge >= 0.3 is 5.97 Å². The maximum absolute atomic E-state index is 12.8. The molecule has 1 saturated heterocycles. The van der Waals surface area contributed by atoms with Crippen LogP contribution in [0.3, 0.4) is 0 Å². The molecule has 0 N–H and O–H groups in total. The number of esters is 1. The highest BCUT2D eigenvalue weighted by atomic mass is 16.7. The molecular formula is C23H32O4. The molecule has 2 aliphatic carbocycles. The van der Waals surface area contributed by atoms with Gasteiger partial charge in [0.05, 0.1) is 11.8 Å². The molecule has 3 fully saturated rings. The molecule has 5 atom stereocenters. The molecule has 27 heavy (non-hydrogen) atoms. The van der Waals surface area contributed by atoms with Gasteiger partial charge in [-0.2, -0.15) is 0 Å². The summed E-state index contributed by atoms with van der Waals surface area (Å²) in [4.78, 5) is 12.8. The zero-order chi connectivity index (χ0) is 19.6. The van der Waals surface area contributed by atoms with Crippen LogP contribution >= 0.6 is 0 Å². The van der Waals surface area contributed by atoms with E-state index in [0.717, 1.165) is 24.8 Å². The van der Waals surface area contributed by atoms with E-state index in [9.17, 15) is 4.79 Å². The van der Waals surface area contributed by atoms with Gasteiger partial charge in [0.25, 0.3) is 6.29 Å². The number of carbonyl (C=O) groups excluding carboxylic acids is 1. The molecule has 2 saturated carbocycles. The van der Waals surface area contributed by atoms with Crippen molar-refractivity contribution in [2.75, 3.05) is 0 Å². The fourth-order valence-corrected chi connectivity index (χ4v) is 6.58. The van der Waals surface area contributed by atoms with E-state index in [4.69, 9.17) is 14.2 Å². The Labute approximate surface area is 162 Å². The minimum atomic E-state index is -0.514. The Morgan fingerprint density at radius 2 is 1.96 bits per heavy atom. The lowest BCUT2D eigenvalue weighted by atomic mass is 9.45. The lowest BCUT2D eigenvalue weighted by molar-refractivity contribution is -0.164. The molecule has 0 aromatic rings. The number of hydrogen-bond donors (Lipinski definition) is 0. The van der Waals surface area contributed by atoms with Gasteiger partial charge in [0.2, 0.25) is 0 Å². The SMILES string of the molecule is C=C1OC(O/C=C2/C(=O)O[C@@]3(C)CC[C@@H]4C(C)(C)CCC[C@@]4(C)[C@H]23)C=C1C. The Hall–Kier alpha value is -1.71.